The Hall–Kier alpha value is -2.36. The highest BCUT2D eigenvalue weighted by Gasteiger charge is 2.79. The Labute approximate surface area is 233 Å². The van der Waals surface area contributed by atoms with E-state index in [0.717, 1.165) is 12.5 Å². The second-order valence-corrected chi connectivity index (χ2v) is 12.8. The quantitative estimate of drug-likeness (QED) is 0.390. The van der Waals surface area contributed by atoms with Gasteiger partial charge in [-0.05, 0) is 62.2 Å². The summed E-state index contributed by atoms with van der Waals surface area (Å²) in [5.41, 5.74) is -7.57. The molecule has 0 aromatic carbocycles. The number of hydrogen-bond donors (Lipinski definition) is 1. The van der Waals surface area contributed by atoms with Crippen molar-refractivity contribution in [3.8, 4) is 0 Å². The van der Waals surface area contributed by atoms with Gasteiger partial charge < -0.3 is 19.3 Å². The number of carbonyl (C=O) groups excluding carboxylic acids is 3. The van der Waals surface area contributed by atoms with Gasteiger partial charge in [0.15, 0.2) is 11.5 Å². The summed E-state index contributed by atoms with van der Waals surface area (Å²) in [6, 6.07) is 0. The van der Waals surface area contributed by atoms with Crippen molar-refractivity contribution in [3.63, 3.8) is 0 Å². The highest BCUT2D eigenvalue weighted by molar-refractivity contribution is 6.01. The third kappa shape index (κ3) is 4.14. The van der Waals surface area contributed by atoms with E-state index in [2.05, 4.69) is 0 Å². The van der Waals surface area contributed by atoms with Crippen LogP contribution >= 0.6 is 0 Å². The van der Waals surface area contributed by atoms with Gasteiger partial charge in [-0.3, -0.25) is 4.79 Å². The number of aliphatic hydroxyl groups is 1. The minimum Gasteiger partial charge on any atom is -0.431 e. The second-order valence-electron chi connectivity index (χ2n) is 12.8. The van der Waals surface area contributed by atoms with E-state index >= 15 is 8.78 Å². The topological polar surface area (TPSA) is 99.1 Å². The van der Waals surface area contributed by atoms with Crippen LogP contribution in [-0.2, 0) is 23.8 Å². The molecule has 0 aromatic heterocycles. The summed E-state index contributed by atoms with van der Waals surface area (Å²) in [6.07, 6.45) is -0.717. The van der Waals surface area contributed by atoms with Gasteiger partial charge in [-0.15, -0.1) is 0 Å². The Kier molecular flexibility index (Phi) is 8.02. The van der Waals surface area contributed by atoms with Crippen molar-refractivity contribution in [2.75, 3.05) is 6.86 Å². The average Bonchev–Trinajstić information content (AvgIpc) is 3.09. The maximum Gasteiger partial charge on any atom is 0.509 e. The van der Waals surface area contributed by atoms with Gasteiger partial charge in [0, 0.05) is 22.7 Å². The third-order valence-corrected chi connectivity index (χ3v) is 10.5. The van der Waals surface area contributed by atoms with Crippen molar-refractivity contribution in [1.82, 2.24) is 0 Å². The van der Waals surface area contributed by atoms with Crippen LogP contribution in [0.4, 0.5) is 18.0 Å². The molecule has 0 radical (unpaired) electrons. The zero-order valence-electron chi connectivity index (χ0n) is 24.0. The van der Waals surface area contributed by atoms with Crippen LogP contribution in [0.25, 0.3) is 0 Å². The van der Waals surface area contributed by atoms with Crippen LogP contribution in [0.15, 0.2) is 23.8 Å². The van der Waals surface area contributed by atoms with E-state index in [1.54, 1.807) is 13.8 Å². The molecule has 0 aromatic rings. The number of hydrogen-bond acceptors (Lipinski definition) is 7. The highest BCUT2D eigenvalue weighted by Crippen LogP contribution is 2.71. The van der Waals surface area contributed by atoms with E-state index < -0.39 is 83.0 Å². The molecule has 40 heavy (non-hydrogen) atoms. The highest BCUT2D eigenvalue weighted by atomic mass is 19.1. The zero-order chi connectivity index (χ0) is 29.8. The number of ketones is 1. The van der Waals surface area contributed by atoms with Crippen LogP contribution in [0.1, 0.15) is 73.6 Å². The lowest BCUT2D eigenvalue weighted by molar-refractivity contribution is -0.235. The summed E-state index contributed by atoms with van der Waals surface area (Å²) in [5.74, 6) is -4.31. The Bertz CT molecular complexity index is 1110. The molecule has 4 aliphatic carbocycles. The number of esters is 1. The Balaban J connectivity index is 1.79. The molecular weight excluding hydrogens is 529 g/mol. The van der Waals surface area contributed by atoms with Gasteiger partial charge in [-0.1, -0.05) is 47.1 Å². The normalized spacial score (nSPS) is 42.8. The Morgan fingerprint density at radius 3 is 2.48 bits per heavy atom. The molecule has 7 nitrogen and oxygen atoms in total. The zero-order valence-corrected chi connectivity index (χ0v) is 24.0. The van der Waals surface area contributed by atoms with Gasteiger partial charge >= 0.3 is 12.1 Å². The summed E-state index contributed by atoms with van der Waals surface area (Å²) < 4.78 is 62.8. The first-order chi connectivity index (χ1) is 18.6. The Morgan fingerprint density at radius 1 is 1.20 bits per heavy atom. The number of fused-ring (bicyclic) bond motifs is 5. The summed E-state index contributed by atoms with van der Waals surface area (Å²) in [7, 11) is 0. The molecule has 10 heteroatoms. The molecule has 1 N–H and O–H groups in total. The number of carbonyl (C=O) groups is 3. The smallest absolute Gasteiger partial charge is 0.431 e. The fourth-order valence-corrected chi connectivity index (χ4v) is 8.47. The maximum atomic E-state index is 17.4. The number of allylic oxidation sites excluding steroid dienone is 4. The molecule has 3 saturated carbocycles. The third-order valence-electron chi connectivity index (χ3n) is 10.5. The van der Waals surface area contributed by atoms with Gasteiger partial charge in [0.1, 0.15) is 12.3 Å². The minimum absolute atomic E-state index is 0.0222. The molecule has 4 aliphatic rings. The predicted molar refractivity (Wildman–Crippen MR) is 139 cm³/mol. The van der Waals surface area contributed by atoms with Crippen LogP contribution < -0.4 is 0 Å². The number of aliphatic hydroxyl groups excluding tert-OH is 1. The van der Waals surface area contributed by atoms with Gasteiger partial charge in [-0.2, -0.15) is 0 Å². The van der Waals surface area contributed by atoms with E-state index in [4.69, 9.17) is 14.2 Å². The predicted octanol–water partition coefficient (Wildman–Crippen LogP) is 5.74. The van der Waals surface area contributed by atoms with E-state index in [9.17, 15) is 23.9 Å². The molecule has 10 atom stereocenters. The van der Waals surface area contributed by atoms with Crippen molar-refractivity contribution < 1.29 is 46.9 Å². The molecule has 3 fully saturated rings. The first-order valence-corrected chi connectivity index (χ1v) is 14.2. The lowest BCUT2D eigenvalue weighted by Gasteiger charge is -2.62. The van der Waals surface area contributed by atoms with Gasteiger partial charge in [0.2, 0.25) is 12.5 Å². The van der Waals surface area contributed by atoms with Crippen LogP contribution in [0, 0.1) is 34.5 Å². The molecule has 2 unspecified atom stereocenters. The van der Waals surface area contributed by atoms with Crippen LogP contribution in [0.5, 0.6) is 0 Å². The monoisotopic (exact) mass is 570 g/mol. The summed E-state index contributed by atoms with van der Waals surface area (Å²) >= 11 is 0. The minimum atomic E-state index is -2.38. The average molecular weight is 571 g/mol. The van der Waals surface area contributed by atoms with Crippen molar-refractivity contribution in [2.45, 2.75) is 103 Å². The molecule has 0 spiro atoms. The maximum absolute atomic E-state index is 17.4. The fourth-order valence-electron chi connectivity index (χ4n) is 8.47. The van der Waals surface area contributed by atoms with Crippen LogP contribution in [0.2, 0.25) is 0 Å². The van der Waals surface area contributed by atoms with Crippen molar-refractivity contribution >= 4 is 17.9 Å². The van der Waals surface area contributed by atoms with Crippen LogP contribution in [-0.4, -0.2) is 59.5 Å². The first kappa shape index (κ1) is 30.6. The van der Waals surface area contributed by atoms with E-state index in [1.807, 2.05) is 20.8 Å². The van der Waals surface area contributed by atoms with Gasteiger partial charge in [0.05, 0.1) is 6.10 Å². The summed E-state index contributed by atoms with van der Waals surface area (Å²) in [5, 5.41) is 11.5. The molecular formula is C30H41F3O7. The number of halogens is 3. The van der Waals surface area contributed by atoms with Crippen LogP contribution in [0.3, 0.4) is 0 Å². The van der Waals surface area contributed by atoms with Crippen molar-refractivity contribution in [3.05, 3.63) is 23.8 Å². The fraction of sp³-hybridized carbons (Fsp3) is 0.767. The largest absolute Gasteiger partial charge is 0.509 e. The molecule has 0 bridgehead atoms. The molecule has 4 rings (SSSR count). The molecule has 0 saturated heterocycles. The summed E-state index contributed by atoms with van der Waals surface area (Å²) in [4.78, 5) is 38.8. The molecule has 0 heterocycles. The van der Waals surface area contributed by atoms with Crippen molar-refractivity contribution in [1.29, 1.82) is 0 Å². The molecule has 0 amide bonds. The number of alkyl halides is 3. The number of rotatable bonds is 7. The second kappa shape index (κ2) is 10.5. The van der Waals surface area contributed by atoms with E-state index in [0.29, 0.717) is 6.42 Å². The van der Waals surface area contributed by atoms with Crippen molar-refractivity contribution in [2.24, 2.45) is 34.5 Å². The Morgan fingerprint density at radius 2 is 1.88 bits per heavy atom. The van der Waals surface area contributed by atoms with E-state index in [-0.39, 0.29) is 30.8 Å². The standard InChI is InChI=1S/C30H41F3O7/c1-7-8-23(16(2)3)39-26(37)40-30(25(36)38-15-31)17(4)11-19-20-13-22(32)21-12-18(34)9-10-27(21,5)29(20,33)24(35)14-28(19,30)6/h9-10,12,16-17,19-20,22-24,35H,7-8,11,13-15H2,1-6H3/t17-,19+,20+,22+,23?,24+,27+,28+,29?,30-/m1/s1. The SMILES string of the molecule is CCCC(OC(=O)O[C@@]1(C(=O)OCF)[C@H](C)C[C@H]2[C@@H]3C[C@H](F)C4=CC(=O)C=C[C@]4(C)C3(F)[C@@H](O)C[C@@]21C)C(C)C. The van der Waals surface area contributed by atoms with Gasteiger partial charge in [-0.25, -0.2) is 22.8 Å². The molecule has 0 aliphatic heterocycles. The summed E-state index contributed by atoms with van der Waals surface area (Å²) in [6.45, 7) is 8.89. The van der Waals surface area contributed by atoms with E-state index in [1.165, 1.54) is 19.1 Å². The lowest BCUT2D eigenvalue weighted by atomic mass is 9.44. The van der Waals surface area contributed by atoms with Gasteiger partial charge in [0.25, 0.3) is 0 Å². The lowest BCUT2D eigenvalue weighted by Crippen LogP contribution is -2.71. The number of ether oxygens (including phenoxy) is 3. The first-order valence-electron chi connectivity index (χ1n) is 14.2. The molecule has 224 valence electrons.